The molecular formula is C10H16N2OS. The molecule has 0 aromatic carbocycles. The zero-order valence-corrected chi connectivity index (χ0v) is 9.05. The number of aromatic nitrogens is 1. The molecule has 4 heteroatoms. The number of rotatable bonds is 4. The molecule has 2 rings (SSSR count). The molecule has 0 aliphatic carbocycles. The van der Waals surface area contributed by atoms with Crippen LogP contribution >= 0.6 is 11.3 Å². The lowest BCUT2D eigenvalue weighted by Gasteiger charge is -2.22. The Morgan fingerprint density at radius 3 is 3.29 bits per heavy atom. The molecule has 1 atom stereocenters. The summed E-state index contributed by atoms with van der Waals surface area (Å²) in [5, 5.41) is 3.40. The molecule has 2 heterocycles. The van der Waals surface area contributed by atoms with Gasteiger partial charge in [0, 0.05) is 30.8 Å². The van der Waals surface area contributed by atoms with Gasteiger partial charge in [-0.3, -0.25) is 4.98 Å². The van der Waals surface area contributed by atoms with E-state index in [1.165, 1.54) is 24.1 Å². The van der Waals surface area contributed by atoms with Crippen molar-refractivity contribution in [2.75, 3.05) is 13.2 Å². The van der Waals surface area contributed by atoms with Crippen LogP contribution in [0.5, 0.6) is 0 Å². The third-order valence-corrected chi connectivity index (χ3v) is 3.21. The zero-order valence-electron chi connectivity index (χ0n) is 8.24. The van der Waals surface area contributed by atoms with E-state index in [0.717, 1.165) is 19.7 Å². The fourth-order valence-electron chi connectivity index (χ4n) is 1.65. The SMILES string of the molecule is c1ncc(CNCC2CCCCO2)s1. The molecule has 14 heavy (non-hydrogen) atoms. The van der Waals surface area contributed by atoms with Crippen molar-refractivity contribution in [1.82, 2.24) is 10.3 Å². The van der Waals surface area contributed by atoms with Gasteiger partial charge in [0.15, 0.2) is 0 Å². The summed E-state index contributed by atoms with van der Waals surface area (Å²) >= 11 is 1.70. The van der Waals surface area contributed by atoms with Crippen LogP contribution in [-0.2, 0) is 11.3 Å². The molecule has 0 spiro atoms. The minimum absolute atomic E-state index is 0.427. The molecule has 0 saturated carbocycles. The average molecular weight is 212 g/mol. The summed E-state index contributed by atoms with van der Waals surface area (Å²) in [5.74, 6) is 0. The van der Waals surface area contributed by atoms with Gasteiger partial charge in [-0.1, -0.05) is 0 Å². The van der Waals surface area contributed by atoms with E-state index in [2.05, 4.69) is 10.3 Å². The number of nitrogens with zero attached hydrogens (tertiary/aromatic N) is 1. The molecule has 3 nitrogen and oxygen atoms in total. The van der Waals surface area contributed by atoms with Crippen LogP contribution in [0.4, 0.5) is 0 Å². The third-order valence-electron chi connectivity index (χ3n) is 2.43. The first kappa shape index (κ1) is 10.1. The first-order valence-corrected chi connectivity index (χ1v) is 6.03. The van der Waals surface area contributed by atoms with E-state index in [4.69, 9.17) is 4.74 Å². The van der Waals surface area contributed by atoms with E-state index in [-0.39, 0.29) is 0 Å². The van der Waals surface area contributed by atoms with Gasteiger partial charge in [0.25, 0.3) is 0 Å². The van der Waals surface area contributed by atoms with Crippen LogP contribution in [0.1, 0.15) is 24.1 Å². The highest BCUT2D eigenvalue weighted by atomic mass is 32.1. The van der Waals surface area contributed by atoms with Crippen LogP contribution in [0.25, 0.3) is 0 Å². The number of nitrogens with one attached hydrogen (secondary N) is 1. The van der Waals surface area contributed by atoms with Gasteiger partial charge in [-0.25, -0.2) is 0 Å². The highest BCUT2D eigenvalue weighted by Gasteiger charge is 2.12. The maximum Gasteiger partial charge on any atom is 0.0794 e. The maximum atomic E-state index is 5.62. The van der Waals surface area contributed by atoms with Crippen molar-refractivity contribution in [2.24, 2.45) is 0 Å². The Kier molecular flexibility index (Phi) is 3.91. The third kappa shape index (κ3) is 3.04. The average Bonchev–Trinajstić information content (AvgIpc) is 2.72. The van der Waals surface area contributed by atoms with Gasteiger partial charge in [0.1, 0.15) is 0 Å². The molecule has 0 radical (unpaired) electrons. The Morgan fingerprint density at radius 1 is 1.57 bits per heavy atom. The van der Waals surface area contributed by atoms with Gasteiger partial charge < -0.3 is 10.1 Å². The Hall–Kier alpha value is -0.450. The minimum atomic E-state index is 0.427. The summed E-state index contributed by atoms with van der Waals surface area (Å²) in [6.45, 7) is 2.83. The number of thiazole rings is 1. The van der Waals surface area contributed by atoms with E-state index in [9.17, 15) is 0 Å². The molecule has 1 aliphatic rings. The predicted octanol–water partition coefficient (Wildman–Crippen LogP) is 1.80. The predicted molar refractivity (Wildman–Crippen MR) is 57.4 cm³/mol. The molecule has 1 aliphatic heterocycles. The van der Waals surface area contributed by atoms with E-state index in [1.807, 2.05) is 11.7 Å². The quantitative estimate of drug-likeness (QED) is 0.826. The lowest BCUT2D eigenvalue weighted by molar-refractivity contribution is 0.0168. The van der Waals surface area contributed by atoms with Crippen molar-refractivity contribution < 1.29 is 4.74 Å². The van der Waals surface area contributed by atoms with Crippen LogP contribution in [0.2, 0.25) is 0 Å². The van der Waals surface area contributed by atoms with Crippen LogP contribution < -0.4 is 5.32 Å². The van der Waals surface area contributed by atoms with Crippen molar-refractivity contribution in [3.8, 4) is 0 Å². The summed E-state index contributed by atoms with van der Waals surface area (Å²) in [4.78, 5) is 5.33. The van der Waals surface area contributed by atoms with E-state index in [1.54, 1.807) is 11.3 Å². The number of hydrogen-bond acceptors (Lipinski definition) is 4. The van der Waals surface area contributed by atoms with Crippen molar-refractivity contribution in [3.05, 3.63) is 16.6 Å². The van der Waals surface area contributed by atoms with Gasteiger partial charge in [-0.05, 0) is 19.3 Å². The normalized spacial score (nSPS) is 22.4. The molecule has 1 aromatic heterocycles. The molecule has 0 bridgehead atoms. The smallest absolute Gasteiger partial charge is 0.0794 e. The van der Waals surface area contributed by atoms with Crippen molar-refractivity contribution >= 4 is 11.3 Å². The van der Waals surface area contributed by atoms with Gasteiger partial charge >= 0.3 is 0 Å². The summed E-state index contributed by atoms with van der Waals surface area (Å²) < 4.78 is 5.62. The first-order valence-electron chi connectivity index (χ1n) is 5.15. The molecule has 1 N–H and O–H groups in total. The summed E-state index contributed by atoms with van der Waals surface area (Å²) in [5.41, 5.74) is 1.87. The van der Waals surface area contributed by atoms with Gasteiger partial charge in [-0.15, -0.1) is 11.3 Å². The number of ether oxygens (including phenoxy) is 1. The fraction of sp³-hybridized carbons (Fsp3) is 0.700. The Labute approximate surface area is 88.5 Å². The topological polar surface area (TPSA) is 34.2 Å². The minimum Gasteiger partial charge on any atom is -0.377 e. The van der Waals surface area contributed by atoms with Crippen LogP contribution in [-0.4, -0.2) is 24.2 Å². The maximum absolute atomic E-state index is 5.62. The summed E-state index contributed by atoms with van der Waals surface area (Å²) in [6.07, 6.45) is 6.09. The highest BCUT2D eigenvalue weighted by molar-refractivity contribution is 7.09. The Balaban J connectivity index is 1.62. The van der Waals surface area contributed by atoms with Crippen molar-refractivity contribution in [1.29, 1.82) is 0 Å². The molecule has 1 saturated heterocycles. The second-order valence-corrected chi connectivity index (χ2v) is 4.56. The molecule has 1 aromatic rings. The molecule has 0 amide bonds. The standard InChI is InChI=1S/C10H16N2OS/c1-2-4-13-9(3-1)5-11-6-10-7-12-8-14-10/h7-9,11H,1-6H2. The van der Waals surface area contributed by atoms with E-state index in [0.29, 0.717) is 6.10 Å². The summed E-state index contributed by atoms with van der Waals surface area (Å²) in [6, 6.07) is 0. The van der Waals surface area contributed by atoms with Gasteiger partial charge in [0.05, 0.1) is 11.6 Å². The molecule has 78 valence electrons. The number of hydrogen-bond donors (Lipinski definition) is 1. The lowest BCUT2D eigenvalue weighted by Crippen LogP contribution is -2.31. The first-order chi connectivity index (χ1) is 6.95. The van der Waals surface area contributed by atoms with Crippen LogP contribution in [0.15, 0.2) is 11.7 Å². The molecular weight excluding hydrogens is 196 g/mol. The van der Waals surface area contributed by atoms with Crippen LogP contribution in [0, 0.1) is 0 Å². The van der Waals surface area contributed by atoms with Gasteiger partial charge in [-0.2, -0.15) is 0 Å². The van der Waals surface area contributed by atoms with E-state index >= 15 is 0 Å². The molecule has 1 fully saturated rings. The molecule has 1 unspecified atom stereocenters. The van der Waals surface area contributed by atoms with Crippen molar-refractivity contribution in [2.45, 2.75) is 31.9 Å². The highest BCUT2D eigenvalue weighted by Crippen LogP contribution is 2.12. The fourth-order valence-corrected chi connectivity index (χ4v) is 2.22. The largest absolute Gasteiger partial charge is 0.377 e. The van der Waals surface area contributed by atoms with Crippen LogP contribution in [0.3, 0.4) is 0 Å². The van der Waals surface area contributed by atoms with E-state index < -0.39 is 0 Å². The Morgan fingerprint density at radius 2 is 2.57 bits per heavy atom. The second kappa shape index (κ2) is 5.44. The monoisotopic (exact) mass is 212 g/mol. The second-order valence-electron chi connectivity index (χ2n) is 3.59. The van der Waals surface area contributed by atoms with Crippen molar-refractivity contribution in [3.63, 3.8) is 0 Å². The lowest BCUT2D eigenvalue weighted by atomic mass is 10.1. The van der Waals surface area contributed by atoms with Gasteiger partial charge in [0.2, 0.25) is 0 Å². The summed E-state index contributed by atoms with van der Waals surface area (Å²) in [7, 11) is 0. The zero-order chi connectivity index (χ0) is 9.64. The Bertz CT molecular complexity index is 245.